The van der Waals surface area contributed by atoms with Crippen LogP contribution in [-0.2, 0) is 13.2 Å². The van der Waals surface area contributed by atoms with Crippen molar-refractivity contribution in [3.63, 3.8) is 0 Å². The Hall–Kier alpha value is -2.53. The number of nitrogens with one attached hydrogen (secondary N) is 2. The van der Waals surface area contributed by atoms with Crippen molar-refractivity contribution in [3.8, 4) is 0 Å². The van der Waals surface area contributed by atoms with Crippen molar-refractivity contribution in [2.75, 3.05) is 24.5 Å². The van der Waals surface area contributed by atoms with Crippen LogP contribution in [0.3, 0.4) is 0 Å². The third-order valence-electron chi connectivity index (χ3n) is 4.97. The number of aliphatic hydroxyl groups is 1. The minimum Gasteiger partial charge on any atom is -0.392 e. The topological polar surface area (TPSA) is 59.9 Å². The molecule has 0 amide bonds. The maximum Gasteiger partial charge on any atom is 0.191 e. The maximum absolute atomic E-state index is 9.49. The van der Waals surface area contributed by atoms with Crippen LogP contribution in [0.4, 0.5) is 5.69 Å². The van der Waals surface area contributed by atoms with Crippen molar-refractivity contribution in [1.82, 2.24) is 10.6 Å². The summed E-state index contributed by atoms with van der Waals surface area (Å²) >= 11 is 0. The van der Waals surface area contributed by atoms with Gasteiger partial charge in [0.2, 0.25) is 0 Å². The van der Waals surface area contributed by atoms with E-state index >= 15 is 0 Å². The first kappa shape index (κ1) is 19.2. The minimum absolute atomic E-state index is 0.0454. The molecule has 2 aromatic carbocycles. The molecule has 1 aliphatic rings. The van der Waals surface area contributed by atoms with Crippen LogP contribution < -0.4 is 15.5 Å². The van der Waals surface area contributed by atoms with Crippen molar-refractivity contribution in [2.24, 2.45) is 4.99 Å². The molecule has 1 aliphatic heterocycles. The number of anilines is 1. The molecule has 1 saturated heterocycles. The molecule has 3 N–H and O–H groups in total. The van der Waals surface area contributed by atoms with Gasteiger partial charge in [0.1, 0.15) is 0 Å². The van der Waals surface area contributed by atoms with Gasteiger partial charge in [0, 0.05) is 31.4 Å². The van der Waals surface area contributed by atoms with E-state index in [0.717, 1.165) is 43.1 Å². The Balaban J connectivity index is 1.61. The number of guanidine groups is 1. The van der Waals surface area contributed by atoms with Crippen molar-refractivity contribution in [1.29, 1.82) is 0 Å². The third-order valence-corrected chi connectivity index (χ3v) is 4.97. The van der Waals surface area contributed by atoms with E-state index in [-0.39, 0.29) is 6.61 Å². The highest BCUT2D eigenvalue weighted by atomic mass is 16.3. The summed E-state index contributed by atoms with van der Waals surface area (Å²) in [7, 11) is 0. The second-order valence-corrected chi connectivity index (χ2v) is 7.03. The summed E-state index contributed by atoms with van der Waals surface area (Å²) in [5.41, 5.74) is 4.56. The summed E-state index contributed by atoms with van der Waals surface area (Å²) in [6, 6.07) is 17.0. The SMILES string of the molecule is CCNC(=NCc1ccccc1CO)NC1CCN(c2ccc(C)cc2)C1. The van der Waals surface area contributed by atoms with E-state index in [2.05, 4.69) is 53.6 Å². The summed E-state index contributed by atoms with van der Waals surface area (Å²) in [4.78, 5) is 7.15. The average Bonchev–Trinajstić information content (AvgIpc) is 3.15. The van der Waals surface area contributed by atoms with Gasteiger partial charge in [0.15, 0.2) is 5.96 Å². The maximum atomic E-state index is 9.49. The van der Waals surface area contributed by atoms with Crippen LogP contribution >= 0.6 is 0 Å². The predicted octanol–water partition coefficient (Wildman–Crippen LogP) is 2.82. The van der Waals surface area contributed by atoms with Gasteiger partial charge in [-0.05, 0) is 43.5 Å². The molecule has 1 atom stereocenters. The highest BCUT2D eigenvalue weighted by Gasteiger charge is 2.23. The molecule has 0 radical (unpaired) electrons. The second kappa shape index (κ2) is 9.42. The Morgan fingerprint density at radius 1 is 1.15 bits per heavy atom. The summed E-state index contributed by atoms with van der Waals surface area (Å²) in [6.07, 6.45) is 1.09. The number of hydrogen-bond donors (Lipinski definition) is 3. The Bertz CT molecular complexity index is 757. The summed E-state index contributed by atoms with van der Waals surface area (Å²) in [5, 5.41) is 16.4. The Labute approximate surface area is 162 Å². The van der Waals surface area contributed by atoms with Gasteiger partial charge < -0.3 is 20.6 Å². The standard InChI is InChI=1S/C22H30N4O/c1-3-23-22(24-14-18-6-4-5-7-19(18)16-27)25-20-12-13-26(15-20)21-10-8-17(2)9-11-21/h4-11,20,27H,3,12-16H2,1-2H3,(H2,23,24,25). The molecule has 2 aromatic rings. The van der Waals surface area contributed by atoms with Crippen molar-refractivity contribution < 1.29 is 5.11 Å². The van der Waals surface area contributed by atoms with Crippen molar-refractivity contribution in [3.05, 3.63) is 65.2 Å². The van der Waals surface area contributed by atoms with E-state index in [1.165, 1.54) is 11.3 Å². The van der Waals surface area contributed by atoms with Gasteiger partial charge in [0.25, 0.3) is 0 Å². The predicted molar refractivity (Wildman–Crippen MR) is 112 cm³/mol. The zero-order valence-corrected chi connectivity index (χ0v) is 16.3. The summed E-state index contributed by atoms with van der Waals surface area (Å²) in [6.45, 7) is 7.64. The molecular formula is C22H30N4O. The number of aliphatic imine (C=N–C) groups is 1. The van der Waals surface area contributed by atoms with E-state index in [4.69, 9.17) is 4.99 Å². The Morgan fingerprint density at radius 2 is 1.89 bits per heavy atom. The lowest BCUT2D eigenvalue weighted by atomic mass is 10.1. The van der Waals surface area contributed by atoms with Gasteiger partial charge in [-0.2, -0.15) is 0 Å². The molecule has 1 unspecified atom stereocenters. The zero-order chi connectivity index (χ0) is 19.1. The molecule has 5 nitrogen and oxygen atoms in total. The normalized spacial score (nSPS) is 17.2. The van der Waals surface area contributed by atoms with Crippen LogP contribution in [0.2, 0.25) is 0 Å². The van der Waals surface area contributed by atoms with Crippen LogP contribution in [0.1, 0.15) is 30.0 Å². The van der Waals surface area contributed by atoms with Crippen LogP contribution in [0.25, 0.3) is 0 Å². The molecule has 0 aromatic heterocycles. The average molecular weight is 367 g/mol. The molecule has 0 bridgehead atoms. The Morgan fingerprint density at radius 3 is 2.59 bits per heavy atom. The lowest BCUT2D eigenvalue weighted by molar-refractivity contribution is 0.280. The first-order valence-corrected chi connectivity index (χ1v) is 9.73. The molecular weight excluding hydrogens is 336 g/mol. The van der Waals surface area contributed by atoms with E-state index in [9.17, 15) is 5.11 Å². The molecule has 1 heterocycles. The lowest BCUT2D eigenvalue weighted by Gasteiger charge is -2.20. The third kappa shape index (κ3) is 5.23. The van der Waals surface area contributed by atoms with Gasteiger partial charge in [0.05, 0.1) is 13.2 Å². The lowest BCUT2D eigenvalue weighted by Crippen LogP contribution is -2.44. The fourth-order valence-corrected chi connectivity index (χ4v) is 3.41. The van der Waals surface area contributed by atoms with Crippen molar-refractivity contribution in [2.45, 2.75) is 39.5 Å². The second-order valence-electron chi connectivity index (χ2n) is 7.03. The molecule has 3 rings (SSSR count). The summed E-state index contributed by atoms with van der Waals surface area (Å²) < 4.78 is 0. The molecule has 1 fully saturated rings. The number of aryl methyl sites for hydroxylation is 1. The number of hydrogen-bond acceptors (Lipinski definition) is 3. The highest BCUT2D eigenvalue weighted by Crippen LogP contribution is 2.20. The number of nitrogens with zero attached hydrogens (tertiary/aromatic N) is 2. The Kier molecular flexibility index (Phi) is 6.71. The van der Waals surface area contributed by atoms with Gasteiger partial charge >= 0.3 is 0 Å². The largest absolute Gasteiger partial charge is 0.392 e. The first-order chi connectivity index (χ1) is 13.2. The van der Waals surface area contributed by atoms with E-state index < -0.39 is 0 Å². The van der Waals surface area contributed by atoms with E-state index in [1.807, 2.05) is 24.3 Å². The summed E-state index contributed by atoms with van der Waals surface area (Å²) in [5.74, 6) is 0.834. The van der Waals surface area contributed by atoms with Crippen LogP contribution in [0.5, 0.6) is 0 Å². The molecule has 0 aliphatic carbocycles. The van der Waals surface area contributed by atoms with Crippen molar-refractivity contribution >= 4 is 11.6 Å². The van der Waals surface area contributed by atoms with Crippen LogP contribution in [-0.4, -0.2) is 36.7 Å². The fourth-order valence-electron chi connectivity index (χ4n) is 3.41. The zero-order valence-electron chi connectivity index (χ0n) is 16.3. The minimum atomic E-state index is 0.0454. The van der Waals surface area contributed by atoms with E-state index in [1.54, 1.807) is 0 Å². The van der Waals surface area contributed by atoms with Gasteiger partial charge in [-0.1, -0.05) is 42.0 Å². The van der Waals surface area contributed by atoms with Crippen LogP contribution in [0.15, 0.2) is 53.5 Å². The molecule has 0 spiro atoms. The highest BCUT2D eigenvalue weighted by molar-refractivity contribution is 5.80. The number of benzene rings is 2. The number of rotatable bonds is 6. The molecule has 5 heteroatoms. The molecule has 144 valence electrons. The monoisotopic (exact) mass is 366 g/mol. The number of aliphatic hydroxyl groups excluding tert-OH is 1. The van der Waals surface area contributed by atoms with Gasteiger partial charge in [-0.3, -0.25) is 0 Å². The smallest absolute Gasteiger partial charge is 0.191 e. The quantitative estimate of drug-likeness (QED) is 0.543. The van der Waals surface area contributed by atoms with Crippen LogP contribution in [0, 0.1) is 6.92 Å². The fraction of sp³-hybridized carbons (Fsp3) is 0.409. The molecule has 27 heavy (non-hydrogen) atoms. The van der Waals surface area contributed by atoms with E-state index in [0.29, 0.717) is 12.6 Å². The molecule has 0 saturated carbocycles. The van der Waals surface area contributed by atoms with Gasteiger partial charge in [-0.15, -0.1) is 0 Å². The van der Waals surface area contributed by atoms with Gasteiger partial charge in [-0.25, -0.2) is 4.99 Å². The first-order valence-electron chi connectivity index (χ1n) is 9.73.